The van der Waals surface area contributed by atoms with Gasteiger partial charge in [-0.05, 0) is 30.3 Å². The predicted octanol–water partition coefficient (Wildman–Crippen LogP) is 0.0526. The first-order valence-electron chi connectivity index (χ1n) is 7.47. The van der Waals surface area contributed by atoms with Gasteiger partial charge in [-0.3, -0.25) is 9.78 Å². The molecular formula is C15H15N5O5S. The maximum absolute atomic E-state index is 12.2. The second-order valence-corrected chi connectivity index (χ2v) is 7.25. The number of nitrogen functional groups attached to an aromatic ring is 1. The van der Waals surface area contributed by atoms with E-state index < -0.39 is 16.0 Å². The number of carbonyl (C=O) groups is 1. The first-order valence-corrected chi connectivity index (χ1v) is 8.95. The van der Waals surface area contributed by atoms with Crippen molar-refractivity contribution in [2.24, 2.45) is 0 Å². The molecule has 0 aliphatic heterocycles. The summed E-state index contributed by atoms with van der Waals surface area (Å²) >= 11 is 0. The molecule has 11 heteroatoms. The monoisotopic (exact) mass is 377 g/mol. The average molecular weight is 377 g/mol. The van der Waals surface area contributed by atoms with Gasteiger partial charge in [0.05, 0.1) is 15.8 Å². The van der Waals surface area contributed by atoms with E-state index >= 15 is 0 Å². The normalized spacial score (nSPS) is 11.7. The van der Waals surface area contributed by atoms with Gasteiger partial charge in [-0.2, -0.15) is 4.98 Å². The summed E-state index contributed by atoms with van der Waals surface area (Å²) < 4.78 is 26.9. The lowest BCUT2D eigenvalue weighted by Gasteiger charge is -2.06. The van der Waals surface area contributed by atoms with Crippen LogP contribution in [-0.2, 0) is 16.4 Å². The number of rotatable bonds is 6. The Morgan fingerprint density at radius 1 is 1.23 bits per heavy atom. The highest BCUT2D eigenvalue weighted by Crippen LogP contribution is 2.12. The summed E-state index contributed by atoms with van der Waals surface area (Å²) in [5.41, 5.74) is 6.03. The molecule has 1 aromatic carbocycles. The van der Waals surface area contributed by atoms with E-state index in [0.717, 1.165) is 0 Å². The quantitative estimate of drug-likeness (QED) is 0.404. The highest BCUT2D eigenvalue weighted by atomic mass is 32.2. The molecule has 0 saturated carbocycles. The van der Waals surface area contributed by atoms with Gasteiger partial charge in [0, 0.05) is 18.7 Å². The molecule has 0 spiro atoms. The number of nitrogens with one attached hydrogen (secondary N) is 3. The van der Waals surface area contributed by atoms with Gasteiger partial charge in [-0.1, -0.05) is 0 Å². The summed E-state index contributed by atoms with van der Waals surface area (Å²) in [4.78, 5) is 31.8. The number of anilines is 1. The van der Waals surface area contributed by atoms with Crippen LogP contribution in [0.4, 0.5) is 5.95 Å². The SMILES string of the molecule is Nc1nc2[nH]c(CCNS(=O)(=O)c3ccc(C(=O)O)cc3)cc2c(=O)[nH]1. The fourth-order valence-corrected chi connectivity index (χ4v) is 3.44. The molecule has 0 amide bonds. The Kier molecular flexibility index (Phi) is 4.49. The smallest absolute Gasteiger partial charge is 0.335 e. The summed E-state index contributed by atoms with van der Waals surface area (Å²) in [5, 5.41) is 9.17. The molecule has 6 N–H and O–H groups in total. The number of fused-ring (bicyclic) bond motifs is 1. The number of benzene rings is 1. The lowest BCUT2D eigenvalue weighted by Crippen LogP contribution is -2.26. The van der Waals surface area contributed by atoms with Crippen LogP contribution < -0.4 is 16.0 Å². The van der Waals surface area contributed by atoms with Crippen LogP contribution >= 0.6 is 0 Å². The first-order chi connectivity index (χ1) is 12.3. The minimum Gasteiger partial charge on any atom is -0.478 e. The van der Waals surface area contributed by atoms with Gasteiger partial charge < -0.3 is 15.8 Å². The number of H-pyrrole nitrogens is 2. The molecule has 0 fully saturated rings. The van der Waals surface area contributed by atoms with Gasteiger partial charge in [0.25, 0.3) is 5.56 Å². The highest BCUT2D eigenvalue weighted by molar-refractivity contribution is 7.89. The molecule has 0 aliphatic carbocycles. The van der Waals surface area contributed by atoms with E-state index in [9.17, 15) is 18.0 Å². The van der Waals surface area contributed by atoms with Crippen LogP contribution in [0.25, 0.3) is 11.0 Å². The zero-order valence-corrected chi connectivity index (χ0v) is 14.1. The van der Waals surface area contributed by atoms with Gasteiger partial charge in [-0.15, -0.1) is 0 Å². The van der Waals surface area contributed by atoms with Crippen molar-refractivity contribution in [1.82, 2.24) is 19.7 Å². The Labute approximate surface area is 147 Å². The highest BCUT2D eigenvalue weighted by Gasteiger charge is 2.15. The van der Waals surface area contributed by atoms with Crippen LogP contribution in [0.1, 0.15) is 16.1 Å². The molecular weight excluding hydrogens is 362 g/mol. The van der Waals surface area contributed by atoms with Gasteiger partial charge in [0.15, 0.2) is 0 Å². The Bertz CT molecular complexity index is 1130. The molecule has 2 heterocycles. The third-order valence-corrected chi connectivity index (χ3v) is 5.15. The molecule has 3 rings (SSSR count). The molecule has 10 nitrogen and oxygen atoms in total. The Morgan fingerprint density at radius 3 is 2.58 bits per heavy atom. The van der Waals surface area contributed by atoms with Crippen LogP contribution in [0.2, 0.25) is 0 Å². The van der Waals surface area contributed by atoms with Crippen molar-refractivity contribution in [1.29, 1.82) is 0 Å². The van der Waals surface area contributed by atoms with Gasteiger partial charge >= 0.3 is 5.97 Å². The molecule has 2 aromatic heterocycles. The molecule has 0 atom stereocenters. The molecule has 3 aromatic rings. The van der Waals surface area contributed by atoms with Gasteiger partial charge in [0.1, 0.15) is 5.65 Å². The van der Waals surface area contributed by atoms with E-state index in [1.807, 2.05) is 0 Å². The van der Waals surface area contributed by atoms with Crippen LogP contribution in [-0.4, -0.2) is 41.0 Å². The largest absolute Gasteiger partial charge is 0.478 e. The third kappa shape index (κ3) is 3.58. The van der Waals surface area contributed by atoms with Crippen molar-refractivity contribution in [3.05, 3.63) is 51.9 Å². The number of sulfonamides is 1. The Balaban J connectivity index is 1.69. The molecule has 0 radical (unpaired) electrons. The lowest BCUT2D eigenvalue weighted by atomic mass is 10.2. The van der Waals surface area contributed by atoms with Crippen LogP contribution in [0.3, 0.4) is 0 Å². The van der Waals surface area contributed by atoms with E-state index in [1.54, 1.807) is 6.07 Å². The molecule has 136 valence electrons. The molecule has 0 bridgehead atoms. The summed E-state index contributed by atoms with van der Waals surface area (Å²) in [5.74, 6) is -1.15. The van der Waals surface area contributed by atoms with Crippen molar-refractivity contribution < 1.29 is 18.3 Å². The van der Waals surface area contributed by atoms with Crippen LogP contribution in [0.15, 0.2) is 40.0 Å². The number of aromatic amines is 2. The number of nitrogens with zero attached hydrogens (tertiary/aromatic N) is 1. The number of aromatic carboxylic acids is 1. The predicted molar refractivity (Wildman–Crippen MR) is 93.4 cm³/mol. The maximum atomic E-state index is 12.2. The minimum atomic E-state index is -3.78. The average Bonchev–Trinajstić information content (AvgIpc) is 2.98. The van der Waals surface area contributed by atoms with E-state index in [4.69, 9.17) is 10.8 Å². The zero-order chi connectivity index (χ0) is 18.9. The number of aromatic nitrogens is 3. The summed E-state index contributed by atoms with van der Waals surface area (Å²) in [6.45, 7) is 0.0726. The number of carboxylic acid groups (broad SMARTS) is 1. The van der Waals surface area contributed by atoms with E-state index in [-0.39, 0.29) is 28.5 Å². The van der Waals surface area contributed by atoms with Crippen molar-refractivity contribution in [2.75, 3.05) is 12.3 Å². The second-order valence-electron chi connectivity index (χ2n) is 5.49. The number of hydrogen-bond donors (Lipinski definition) is 5. The number of carboxylic acids is 1. The maximum Gasteiger partial charge on any atom is 0.335 e. The van der Waals surface area contributed by atoms with Crippen molar-refractivity contribution in [3.8, 4) is 0 Å². The molecule has 0 unspecified atom stereocenters. The molecule has 0 aliphatic rings. The van der Waals surface area contributed by atoms with E-state index in [0.29, 0.717) is 23.1 Å². The van der Waals surface area contributed by atoms with Gasteiger partial charge in [-0.25, -0.2) is 17.9 Å². The first kappa shape index (κ1) is 17.6. The van der Waals surface area contributed by atoms with E-state index in [1.165, 1.54) is 24.3 Å². The number of nitrogens with two attached hydrogens (primary N) is 1. The molecule has 0 saturated heterocycles. The fourth-order valence-electron chi connectivity index (χ4n) is 2.41. The van der Waals surface area contributed by atoms with E-state index in [2.05, 4.69) is 19.7 Å². The molecule has 26 heavy (non-hydrogen) atoms. The minimum absolute atomic E-state index is 0.000907. The Hall–Kier alpha value is -3.18. The summed E-state index contributed by atoms with van der Waals surface area (Å²) in [6.07, 6.45) is 0.294. The third-order valence-electron chi connectivity index (χ3n) is 3.67. The fraction of sp³-hybridized carbons (Fsp3) is 0.133. The van der Waals surface area contributed by atoms with Crippen molar-refractivity contribution in [2.45, 2.75) is 11.3 Å². The Morgan fingerprint density at radius 2 is 1.92 bits per heavy atom. The topological polar surface area (TPSA) is 171 Å². The lowest BCUT2D eigenvalue weighted by molar-refractivity contribution is 0.0696. The van der Waals surface area contributed by atoms with Crippen molar-refractivity contribution >= 4 is 33.0 Å². The summed E-state index contributed by atoms with van der Waals surface area (Å²) in [6, 6.07) is 6.46. The van der Waals surface area contributed by atoms with Crippen molar-refractivity contribution in [3.63, 3.8) is 0 Å². The van der Waals surface area contributed by atoms with Gasteiger partial charge in [0.2, 0.25) is 16.0 Å². The number of hydrogen-bond acceptors (Lipinski definition) is 6. The van der Waals surface area contributed by atoms with Crippen LogP contribution in [0, 0.1) is 0 Å². The standard InChI is InChI=1S/C15H15N5O5S/c16-15-19-12-11(13(21)20-15)7-9(18-12)5-6-17-26(24,25)10-3-1-8(2-4-10)14(22)23/h1-4,7,17H,5-6H2,(H,22,23)(H4,16,18,19,20,21). The van der Waals surface area contributed by atoms with Crippen LogP contribution in [0.5, 0.6) is 0 Å². The zero-order valence-electron chi connectivity index (χ0n) is 13.3. The second kappa shape index (κ2) is 6.61. The summed E-state index contributed by atoms with van der Waals surface area (Å²) in [7, 11) is -3.78.